The smallest absolute Gasteiger partial charge is 0.0698 e. The van der Waals surface area contributed by atoms with E-state index in [-0.39, 0.29) is 6.04 Å². The zero-order valence-electron chi connectivity index (χ0n) is 13.0. The molecule has 1 aliphatic rings. The first kappa shape index (κ1) is 15.1. The minimum atomic E-state index is 0.272. The van der Waals surface area contributed by atoms with Crippen LogP contribution in [0.4, 0.5) is 0 Å². The van der Waals surface area contributed by atoms with E-state index < -0.39 is 0 Å². The second-order valence-electron chi connectivity index (χ2n) is 4.83. The highest BCUT2D eigenvalue weighted by atomic mass is 14.9. The Morgan fingerprint density at radius 3 is 1.95 bits per heavy atom. The van der Waals surface area contributed by atoms with Gasteiger partial charge >= 0.3 is 0 Å². The summed E-state index contributed by atoms with van der Waals surface area (Å²) < 4.78 is 0. The van der Waals surface area contributed by atoms with E-state index in [9.17, 15) is 0 Å². The molecule has 0 aromatic heterocycles. The van der Waals surface area contributed by atoms with Gasteiger partial charge in [0.1, 0.15) is 0 Å². The zero-order valence-corrected chi connectivity index (χ0v) is 13.0. The van der Waals surface area contributed by atoms with E-state index >= 15 is 0 Å². The van der Waals surface area contributed by atoms with Gasteiger partial charge in [0.2, 0.25) is 0 Å². The third-order valence-corrected chi connectivity index (χ3v) is 3.49. The normalized spacial score (nSPS) is 16.8. The van der Waals surface area contributed by atoms with Crippen LogP contribution in [0.3, 0.4) is 0 Å². The van der Waals surface area contributed by atoms with E-state index in [2.05, 4.69) is 73.0 Å². The largest absolute Gasteiger partial charge is 0.380 e. The van der Waals surface area contributed by atoms with Crippen LogP contribution >= 0.6 is 0 Å². The van der Waals surface area contributed by atoms with Crippen LogP contribution in [0, 0.1) is 0 Å². The predicted octanol–water partition coefficient (Wildman–Crippen LogP) is 5.34. The monoisotopic (exact) mass is 277 g/mol. The Labute approximate surface area is 128 Å². The number of hydrogen-bond donors (Lipinski definition) is 1. The summed E-state index contributed by atoms with van der Waals surface area (Å²) in [5.41, 5.74) is 5.15. The molecule has 0 saturated heterocycles. The minimum absolute atomic E-state index is 0.272. The van der Waals surface area contributed by atoms with Crippen molar-refractivity contribution in [1.29, 1.82) is 0 Å². The van der Waals surface area contributed by atoms with Gasteiger partial charge in [-0.15, -0.1) is 0 Å². The first-order valence-corrected chi connectivity index (χ1v) is 7.60. The first-order valence-electron chi connectivity index (χ1n) is 7.60. The quantitative estimate of drug-likeness (QED) is 0.780. The van der Waals surface area contributed by atoms with Crippen molar-refractivity contribution in [2.75, 3.05) is 0 Å². The van der Waals surface area contributed by atoms with Gasteiger partial charge in [-0.25, -0.2) is 0 Å². The number of dihydropyridines is 1. The van der Waals surface area contributed by atoms with E-state index in [0.29, 0.717) is 0 Å². The molecule has 1 nitrogen and oxygen atoms in total. The summed E-state index contributed by atoms with van der Waals surface area (Å²) in [7, 11) is 0. The topological polar surface area (TPSA) is 12.0 Å². The van der Waals surface area contributed by atoms with Crippen molar-refractivity contribution >= 4 is 5.57 Å². The maximum atomic E-state index is 3.48. The highest BCUT2D eigenvalue weighted by Crippen LogP contribution is 2.29. The van der Waals surface area contributed by atoms with Crippen molar-refractivity contribution in [1.82, 2.24) is 5.32 Å². The van der Waals surface area contributed by atoms with Crippen LogP contribution in [0.15, 0.2) is 78.5 Å². The molecule has 1 heterocycles. The van der Waals surface area contributed by atoms with Crippen molar-refractivity contribution in [3.05, 3.63) is 89.6 Å². The molecule has 3 rings (SSSR count). The highest BCUT2D eigenvalue weighted by molar-refractivity contribution is 5.79. The summed E-state index contributed by atoms with van der Waals surface area (Å²) in [6, 6.07) is 21.3. The van der Waals surface area contributed by atoms with Crippen LogP contribution in [0.1, 0.15) is 37.9 Å². The number of benzene rings is 2. The van der Waals surface area contributed by atoms with Crippen LogP contribution in [0.5, 0.6) is 0 Å². The Hall–Kier alpha value is -2.28. The highest BCUT2D eigenvalue weighted by Gasteiger charge is 2.14. The molecule has 0 spiro atoms. The van der Waals surface area contributed by atoms with Crippen molar-refractivity contribution in [2.24, 2.45) is 0 Å². The lowest BCUT2D eigenvalue weighted by Gasteiger charge is -2.22. The molecule has 0 bridgehead atoms. The Morgan fingerprint density at radius 1 is 0.810 bits per heavy atom. The second kappa shape index (κ2) is 7.49. The number of allylic oxidation sites excluding steroid dienone is 2. The summed E-state index contributed by atoms with van der Waals surface area (Å²) in [5.74, 6) is 0. The fraction of sp³-hybridized carbons (Fsp3) is 0.200. The van der Waals surface area contributed by atoms with Crippen molar-refractivity contribution in [3.63, 3.8) is 0 Å². The van der Waals surface area contributed by atoms with Gasteiger partial charge in [-0.05, 0) is 23.6 Å². The maximum absolute atomic E-state index is 3.48. The second-order valence-corrected chi connectivity index (χ2v) is 4.83. The molecule has 0 aliphatic carbocycles. The average Bonchev–Trinajstić information content (AvgIpc) is 2.58. The first-order chi connectivity index (χ1) is 10.3. The van der Waals surface area contributed by atoms with Crippen LogP contribution in [-0.2, 0) is 0 Å². The van der Waals surface area contributed by atoms with E-state index in [1.807, 2.05) is 26.0 Å². The standard InChI is InChI=1S/C18H17N.C2H6/c1-14-12-18(16-10-6-3-7-11-16)19-13-17(14)15-8-4-2-5-9-15;1-2/h2-13,18-19H,1H3;1-2H3. The molecule has 1 heteroatoms. The molecular weight excluding hydrogens is 254 g/mol. The number of rotatable bonds is 2. The van der Waals surface area contributed by atoms with E-state index in [1.165, 1.54) is 22.3 Å². The van der Waals surface area contributed by atoms with Gasteiger partial charge in [0, 0.05) is 11.8 Å². The number of hydrogen-bond acceptors (Lipinski definition) is 1. The third-order valence-electron chi connectivity index (χ3n) is 3.49. The van der Waals surface area contributed by atoms with Gasteiger partial charge < -0.3 is 5.32 Å². The zero-order chi connectivity index (χ0) is 15.1. The molecule has 2 aromatic rings. The molecule has 1 unspecified atom stereocenters. The summed E-state index contributed by atoms with van der Waals surface area (Å²) in [6.45, 7) is 6.18. The van der Waals surface area contributed by atoms with E-state index in [1.54, 1.807) is 0 Å². The van der Waals surface area contributed by atoms with Crippen molar-refractivity contribution in [2.45, 2.75) is 26.8 Å². The Bertz CT molecular complexity index is 609. The van der Waals surface area contributed by atoms with Crippen LogP contribution in [-0.4, -0.2) is 0 Å². The lowest BCUT2D eigenvalue weighted by Crippen LogP contribution is -2.18. The van der Waals surface area contributed by atoms with Crippen LogP contribution in [0.2, 0.25) is 0 Å². The molecule has 0 radical (unpaired) electrons. The predicted molar refractivity (Wildman–Crippen MR) is 91.8 cm³/mol. The molecule has 21 heavy (non-hydrogen) atoms. The summed E-state index contributed by atoms with van der Waals surface area (Å²) in [4.78, 5) is 0. The molecule has 0 saturated carbocycles. The minimum Gasteiger partial charge on any atom is -0.380 e. The Morgan fingerprint density at radius 2 is 1.38 bits per heavy atom. The summed E-state index contributed by atoms with van der Waals surface area (Å²) in [6.07, 6.45) is 4.42. The average molecular weight is 277 g/mol. The molecule has 1 N–H and O–H groups in total. The van der Waals surface area contributed by atoms with E-state index in [4.69, 9.17) is 0 Å². The summed E-state index contributed by atoms with van der Waals surface area (Å²) >= 11 is 0. The van der Waals surface area contributed by atoms with Gasteiger partial charge in [0.25, 0.3) is 0 Å². The lowest BCUT2D eigenvalue weighted by atomic mass is 9.93. The molecule has 0 fully saturated rings. The van der Waals surface area contributed by atoms with Crippen molar-refractivity contribution < 1.29 is 0 Å². The van der Waals surface area contributed by atoms with Crippen molar-refractivity contribution in [3.8, 4) is 0 Å². The van der Waals surface area contributed by atoms with Gasteiger partial charge in [0.15, 0.2) is 0 Å². The number of nitrogens with one attached hydrogen (secondary N) is 1. The molecule has 1 atom stereocenters. The third kappa shape index (κ3) is 3.63. The van der Waals surface area contributed by atoms with E-state index in [0.717, 1.165) is 0 Å². The molecule has 0 amide bonds. The SMILES string of the molecule is CC.CC1=CC(c2ccccc2)NC=C1c1ccccc1. The fourth-order valence-corrected chi connectivity index (χ4v) is 2.46. The Kier molecular flexibility index (Phi) is 5.39. The van der Waals surface area contributed by atoms with Crippen LogP contribution in [0.25, 0.3) is 5.57 Å². The van der Waals surface area contributed by atoms with Gasteiger partial charge in [-0.1, -0.05) is 80.6 Å². The van der Waals surface area contributed by atoms with Gasteiger partial charge in [0.05, 0.1) is 6.04 Å². The van der Waals surface area contributed by atoms with Gasteiger partial charge in [-0.3, -0.25) is 0 Å². The summed E-state index contributed by atoms with van der Waals surface area (Å²) in [5, 5.41) is 3.48. The van der Waals surface area contributed by atoms with Crippen LogP contribution < -0.4 is 5.32 Å². The fourth-order valence-electron chi connectivity index (χ4n) is 2.46. The molecular formula is C20H23N. The molecule has 108 valence electrons. The lowest BCUT2D eigenvalue weighted by molar-refractivity contribution is 0.742. The maximum Gasteiger partial charge on any atom is 0.0698 e. The molecule has 1 aliphatic heterocycles. The van der Waals surface area contributed by atoms with Gasteiger partial charge in [-0.2, -0.15) is 0 Å². The molecule has 2 aromatic carbocycles. The Balaban J connectivity index is 0.000000774.